The molecule has 3 aromatic rings. The lowest BCUT2D eigenvalue weighted by molar-refractivity contribution is 0.765. The van der Waals surface area contributed by atoms with Gasteiger partial charge in [-0.3, -0.25) is 9.48 Å². The molecule has 3 rings (SSSR count). The summed E-state index contributed by atoms with van der Waals surface area (Å²) in [5.74, 6) is 0.669. The lowest BCUT2D eigenvalue weighted by Crippen LogP contribution is -2.20. The van der Waals surface area contributed by atoms with Gasteiger partial charge in [-0.25, -0.2) is 0 Å². The Bertz CT molecular complexity index is 844. The maximum absolute atomic E-state index is 12.8. The summed E-state index contributed by atoms with van der Waals surface area (Å²) in [7, 11) is 1.88. The second kappa shape index (κ2) is 4.67. The van der Waals surface area contributed by atoms with Gasteiger partial charge in [0.2, 0.25) is 0 Å². The fraction of sp³-hybridized carbons (Fsp3) is 0.333. The highest BCUT2D eigenvalue weighted by Gasteiger charge is 2.17. The van der Waals surface area contributed by atoms with E-state index in [2.05, 4.69) is 10.4 Å². The smallest absolute Gasteiger partial charge is 0.264 e. The van der Waals surface area contributed by atoms with E-state index in [1.165, 1.54) is 0 Å². The van der Waals surface area contributed by atoms with Crippen LogP contribution in [0.25, 0.3) is 21.8 Å². The van der Waals surface area contributed by atoms with Crippen molar-refractivity contribution in [2.45, 2.75) is 20.4 Å². The van der Waals surface area contributed by atoms with E-state index in [4.69, 9.17) is 0 Å². The van der Waals surface area contributed by atoms with E-state index < -0.39 is 0 Å². The van der Waals surface area contributed by atoms with Crippen molar-refractivity contribution >= 4 is 27.6 Å². The number of nitrogens with zero attached hydrogens (tertiary/aromatic N) is 3. The van der Waals surface area contributed by atoms with Gasteiger partial charge in [0.15, 0.2) is 5.82 Å². The monoisotopic (exact) mass is 270 g/mol. The molecule has 2 aromatic heterocycles. The van der Waals surface area contributed by atoms with Crippen LogP contribution in [0.5, 0.6) is 0 Å². The highest BCUT2D eigenvalue weighted by molar-refractivity contribution is 6.07. The van der Waals surface area contributed by atoms with Crippen LogP contribution in [0, 0.1) is 0 Å². The molecule has 0 unspecified atom stereocenters. The molecule has 0 radical (unpaired) electrons. The van der Waals surface area contributed by atoms with Crippen molar-refractivity contribution < 1.29 is 0 Å². The Morgan fingerprint density at radius 1 is 1.25 bits per heavy atom. The molecule has 0 atom stereocenters. The zero-order chi connectivity index (χ0) is 14.3. The van der Waals surface area contributed by atoms with Crippen LogP contribution in [0.4, 0.5) is 5.82 Å². The van der Waals surface area contributed by atoms with Gasteiger partial charge in [0.05, 0.1) is 11.0 Å². The first-order valence-corrected chi connectivity index (χ1v) is 6.91. The maximum atomic E-state index is 12.8. The minimum atomic E-state index is 0.0188. The number of hydrogen-bond donors (Lipinski definition) is 1. The Kier molecular flexibility index (Phi) is 2.97. The van der Waals surface area contributed by atoms with Gasteiger partial charge in [-0.1, -0.05) is 18.2 Å². The molecule has 0 aliphatic heterocycles. The van der Waals surface area contributed by atoms with E-state index >= 15 is 0 Å². The first-order chi connectivity index (χ1) is 9.69. The summed E-state index contributed by atoms with van der Waals surface area (Å²) in [5, 5.41) is 9.38. The number of nitrogens with one attached hydrogen (secondary N) is 1. The zero-order valence-corrected chi connectivity index (χ0v) is 12.0. The van der Waals surface area contributed by atoms with Crippen LogP contribution in [0.3, 0.4) is 0 Å². The molecule has 2 heterocycles. The first kappa shape index (κ1) is 12.7. The summed E-state index contributed by atoms with van der Waals surface area (Å²) >= 11 is 0. The Morgan fingerprint density at radius 2 is 2.00 bits per heavy atom. The number of fused-ring (bicyclic) bond motifs is 3. The third-order valence-corrected chi connectivity index (χ3v) is 3.62. The van der Waals surface area contributed by atoms with Crippen molar-refractivity contribution in [1.82, 2.24) is 14.3 Å². The average Bonchev–Trinajstić information content (AvgIpc) is 2.77. The minimum Gasteiger partial charge on any atom is -0.368 e. The van der Waals surface area contributed by atoms with Gasteiger partial charge in [-0.2, -0.15) is 5.10 Å². The summed E-state index contributed by atoms with van der Waals surface area (Å²) in [5.41, 5.74) is 1.87. The molecule has 0 spiro atoms. The lowest BCUT2D eigenvalue weighted by atomic mass is 10.1. The van der Waals surface area contributed by atoms with E-state index in [-0.39, 0.29) is 5.56 Å². The first-order valence-electron chi connectivity index (χ1n) is 6.91. The van der Waals surface area contributed by atoms with Gasteiger partial charge < -0.3 is 9.88 Å². The second-order valence-electron chi connectivity index (χ2n) is 4.79. The molecular formula is C15H18N4O. The number of rotatable bonds is 3. The minimum absolute atomic E-state index is 0.0188. The number of aryl methyl sites for hydroxylation is 2. The highest BCUT2D eigenvalue weighted by atomic mass is 16.1. The SMILES string of the molecule is CCNc1nn(C)c2c1c(=O)n(CC)c1ccccc21. The molecule has 0 amide bonds. The number of anilines is 1. The van der Waals surface area contributed by atoms with Crippen LogP contribution in [0.15, 0.2) is 29.1 Å². The summed E-state index contributed by atoms with van der Waals surface area (Å²) < 4.78 is 3.59. The molecule has 0 saturated carbocycles. The zero-order valence-electron chi connectivity index (χ0n) is 12.0. The summed E-state index contributed by atoms with van der Waals surface area (Å²) in [6.07, 6.45) is 0. The van der Waals surface area contributed by atoms with Gasteiger partial charge in [-0.15, -0.1) is 0 Å². The normalized spacial score (nSPS) is 11.3. The van der Waals surface area contributed by atoms with Crippen LogP contribution in [-0.2, 0) is 13.6 Å². The van der Waals surface area contributed by atoms with Gasteiger partial charge in [-0.05, 0) is 19.9 Å². The maximum Gasteiger partial charge on any atom is 0.264 e. The molecule has 0 saturated heterocycles. The summed E-state index contributed by atoms with van der Waals surface area (Å²) in [4.78, 5) is 12.8. The molecule has 20 heavy (non-hydrogen) atoms. The van der Waals surface area contributed by atoms with Crippen molar-refractivity contribution in [3.05, 3.63) is 34.6 Å². The van der Waals surface area contributed by atoms with Crippen LogP contribution < -0.4 is 10.9 Å². The summed E-state index contributed by atoms with van der Waals surface area (Å²) in [6.45, 7) is 5.38. The molecular weight excluding hydrogens is 252 g/mol. The predicted octanol–water partition coefficient (Wildman–Crippen LogP) is 2.34. The molecule has 1 aromatic carbocycles. The van der Waals surface area contributed by atoms with Gasteiger partial charge in [0, 0.05) is 25.5 Å². The Hall–Kier alpha value is -2.30. The fourth-order valence-corrected chi connectivity index (χ4v) is 2.79. The fourth-order valence-electron chi connectivity index (χ4n) is 2.79. The van der Waals surface area contributed by atoms with Crippen molar-refractivity contribution in [2.24, 2.45) is 7.05 Å². The van der Waals surface area contributed by atoms with Crippen LogP contribution in [0.2, 0.25) is 0 Å². The third kappa shape index (κ3) is 1.62. The predicted molar refractivity (Wildman–Crippen MR) is 82.3 cm³/mol. The Labute approximate surface area is 116 Å². The van der Waals surface area contributed by atoms with E-state index in [1.54, 1.807) is 9.25 Å². The molecule has 0 aliphatic rings. The number of aromatic nitrogens is 3. The van der Waals surface area contributed by atoms with Crippen LogP contribution in [-0.4, -0.2) is 20.9 Å². The van der Waals surface area contributed by atoms with E-state index in [0.29, 0.717) is 17.7 Å². The number of benzene rings is 1. The van der Waals surface area contributed by atoms with Crippen molar-refractivity contribution in [3.63, 3.8) is 0 Å². The number of para-hydroxylation sites is 1. The molecule has 5 nitrogen and oxygen atoms in total. The topological polar surface area (TPSA) is 51.9 Å². The quantitative estimate of drug-likeness (QED) is 0.794. The highest BCUT2D eigenvalue weighted by Crippen LogP contribution is 2.26. The molecule has 0 fully saturated rings. The molecule has 1 N–H and O–H groups in total. The van der Waals surface area contributed by atoms with E-state index in [0.717, 1.165) is 23.0 Å². The van der Waals surface area contributed by atoms with Crippen LogP contribution >= 0.6 is 0 Å². The van der Waals surface area contributed by atoms with E-state index in [9.17, 15) is 4.79 Å². The van der Waals surface area contributed by atoms with Crippen LogP contribution in [0.1, 0.15) is 13.8 Å². The van der Waals surface area contributed by atoms with Gasteiger partial charge in [0.25, 0.3) is 5.56 Å². The Morgan fingerprint density at radius 3 is 2.70 bits per heavy atom. The lowest BCUT2D eigenvalue weighted by Gasteiger charge is -2.09. The van der Waals surface area contributed by atoms with Gasteiger partial charge in [0.1, 0.15) is 5.39 Å². The Balaban J connectivity index is 2.59. The summed E-state index contributed by atoms with van der Waals surface area (Å²) in [6, 6.07) is 7.98. The van der Waals surface area contributed by atoms with Crippen molar-refractivity contribution in [3.8, 4) is 0 Å². The molecule has 5 heteroatoms. The van der Waals surface area contributed by atoms with E-state index in [1.807, 2.05) is 45.2 Å². The molecule has 104 valence electrons. The number of pyridine rings is 1. The second-order valence-corrected chi connectivity index (χ2v) is 4.79. The largest absolute Gasteiger partial charge is 0.368 e. The van der Waals surface area contributed by atoms with Crippen molar-refractivity contribution in [1.29, 1.82) is 0 Å². The average molecular weight is 270 g/mol. The molecule has 0 bridgehead atoms. The molecule has 0 aliphatic carbocycles. The number of hydrogen-bond acceptors (Lipinski definition) is 3. The standard InChI is InChI=1S/C15H18N4O/c1-4-16-14-12-13(18(3)17-14)10-8-6-7-9-11(10)19(5-2)15(12)20/h6-9H,4-5H2,1-3H3,(H,16,17). The van der Waals surface area contributed by atoms with Gasteiger partial charge >= 0.3 is 0 Å². The third-order valence-electron chi connectivity index (χ3n) is 3.62. The van der Waals surface area contributed by atoms with Crippen molar-refractivity contribution in [2.75, 3.05) is 11.9 Å².